The van der Waals surface area contributed by atoms with Crippen molar-refractivity contribution >= 4 is 29.3 Å². The number of carbonyl (C=O) groups is 1. The maximum absolute atomic E-state index is 12.9. The van der Waals surface area contributed by atoms with E-state index in [-0.39, 0.29) is 17.8 Å². The standard InChI is InChI=1S/C26H31N5O3S/c32-24(27-23-11-5-4-9-21(23)17-20-7-2-1-3-8-20)19-35-26-29-28-25(30-12-15-33-16-13-30)31(26)18-22-10-6-14-34-22/h1-5,7-9,11,22H,6,10,12-19H2,(H,27,32)/t22-/m0/s1. The molecule has 2 aromatic carbocycles. The molecule has 0 unspecified atom stereocenters. The Morgan fingerprint density at radius 3 is 2.63 bits per heavy atom. The Kier molecular flexibility index (Phi) is 7.97. The summed E-state index contributed by atoms with van der Waals surface area (Å²) in [7, 11) is 0. The summed E-state index contributed by atoms with van der Waals surface area (Å²) in [6, 6.07) is 18.2. The number of thioether (sulfide) groups is 1. The van der Waals surface area contributed by atoms with Crippen molar-refractivity contribution in [3.05, 3.63) is 65.7 Å². The number of hydrogen-bond acceptors (Lipinski definition) is 7. The molecule has 9 heteroatoms. The predicted molar refractivity (Wildman–Crippen MR) is 137 cm³/mol. The third-order valence-electron chi connectivity index (χ3n) is 6.26. The second kappa shape index (κ2) is 11.7. The molecule has 1 aromatic heterocycles. The van der Waals surface area contributed by atoms with Crippen molar-refractivity contribution in [3.63, 3.8) is 0 Å². The maximum Gasteiger partial charge on any atom is 0.234 e. The van der Waals surface area contributed by atoms with Gasteiger partial charge in [-0.05, 0) is 36.5 Å². The van der Waals surface area contributed by atoms with E-state index >= 15 is 0 Å². The number of rotatable bonds is 9. The van der Waals surface area contributed by atoms with Crippen LogP contribution in [0.5, 0.6) is 0 Å². The molecule has 0 aliphatic carbocycles. The lowest BCUT2D eigenvalue weighted by Gasteiger charge is -2.28. The molecule has 1 amide bonds. The van der Waals surface area contributed by atoms with E-state index in [0.717, 1.165) is 61.3 Å². The summed E-state index contributed by atoms with van der Waals surface area (Å²) in [5.41, 5.74) is 3.14. The van der Waals surface area contributed by atoms with E-state index < -0.39 is 0 Å². The van der Waals surface area contributed by atoms with Crippen LogP contribution in [0.15, 0.2) is 59.8 Å². The van der Waals surface area contributed by atoms with Crippen LogP contribution in [0.2, 0.25) is 0 Å². The van der Waals surface area contributed by atoms with Crippen molar-refractivity contribution in [1.82, 2.24) is 14.8 Å². The van der Waals surface area contributed by atoms with Crippen LogP contribution in [0.4, 0.5) is 11.6 Å². The molecule has 2 aliphatic rings. The first kappa shape index (κ1) is 23.8. The lowest BCUT2D eigenvalue weighted by atomic mass is 10.0. The van der Waals surface area contributed by atoms with Crippen molar-refractivity contribution in [3.8, 4) is 0 Å². The predicted octanol–water partition coefficient (Wildman–Crippen LogP) is 3.62. The van der Waals surface area contributed by atoms with E-state index in [1.165, 1.54) is 17.3 Å². The first-order valence-electron chi connectivity index (χ1n) is 12.2. The number of aromatic nitrogens is 3. The molecule has 0 spiro atoms. The van der Waals surface area contributed by atoms with Gasteiger partial charge in [0, 0.05) is 25.4 Å². The molecule has 0 saturated carbocycles. The molecule has 35 heavy (non-hydrogen) atoms. The Balaban J connectivity index is 1.25. The van der Waals surface area contributed by atoms with Crippen LogP contribution in [0.1, 0.15) is 24.0 Å². The van der Waals surface area contributed by atoms with Crippen LogP contribution < -0.4 is 10.2 Å². The normalized spacial score (nSPS) is 18.1. The third kappa shape index (κ3) is 6.22. The first-order valence-corrected chi connectivity index (χ1v) is 13.2. The Morgan fingerprint density at radius 2 is 1.83 bits per heavy atom. The van der Waals surface area contributed by atoms with Gasteiger partial charge >= 0.3 is 0 Å². The van der Waals surface area contributed by atoms with Gasteiger partial charge in [-0.1, -0.05) is 60.3 Å². The molecule has 0 bridgehead atoms. The highest BCUT2D eigenvalue weighted by Crippen LogP contribution is 2.26. The molecule has 184 valence electrons. The second-order valence-corrected chi connectivity index (χ2v) is 9.73. The zero-order valence-electron chi connectivity index (χ0n) is 19.8. The smallest absolute Gasteiger partial charge is 0.234 e. The van der Waals surface area contributed by atoms with Gasteiger partial charge in [0.25, 0.3) is 0 Å². The first-order chi connectivity index (χ1) is 17.3. The van der Waals surface area contributed by atoms with Crippen LogP contribution in [0.3, 0.4) is 0 Å². The minimum absolute atomic E-state index is 0.0601. The number of nitrogens with zero attached hydrogens (tertiary/aromatic N) is 4. The average molecular weight is 494 g/mol. The molecule has 2 aliphatic heterocycles. The summed E-state index contributed by atoms with van der Waals surface area (Å²) in [5, 5.41) is 12.8. The fourth-order valence-corrected chi connectivity index (χ4v) is 5.21. The number of nitrogens with one attached hydrogen (secondary N) is 1. The van der Waals surface area contributed by atoms with Gasteiger partial charge in [0.15, 0.2) is 5.16 Å². The summed E-state index contributed by atoms with van der Waals surface area (Å²) in [6.45, 7) is 4.43. The van der Waals surface area contributed by atoms with Crippen molar-refractivity contribution < 1.29 is 14.3 Å². The van der Waals surface area contributed by atoms with Gasteiger partial charge in [0.1, 0.15) is 0 Å². The molecule has 1 N–H and O–H groups in total. The highest BCUT2D eigenvalue weighted by Gasteiger charge is 2.25. The molecule has 2 saturated heterocycles. The average Bonchev–Trinajstić information content (AvgIpc) is 3.56. The lowest BCUT2D eigenvalue weighted by molar-refractivity contribution is -0.113. The van der Waals surface area contributed by atoms with Crippen LogP contribution in [-0.2, 0) is 27.2 Å². The van der Waals surface area contributed by atoms with E-state index in [9.17, 15) is 4.79 Å². The Bertz CT molecular complexity index is 1110. The van der Waals surface area contributed by atoms with Crippen LogP contribution in [0, 0.1) is 0 Å². The van der Waals surface area contributed by atoms with Crippen LogP contribution >= 0.6 is 11.8 Å². The van der Waals surface area contributed by atoms with Gasteiger partial charge in [-0.3, -0.25) is 9.36 Å². The number of carbonyl (C=O) groups excluding carboxylic acids is 1. The van der Waals surface area contributed by atoms with E-state index in [2.05, 4.69) is 43.2 Å². The monoisotopic (exact) mass is 493 g/mol. The number of morpholine rings is 1. The molecule has 2 fully saturated rings. The molecule has 3 aromatic rings. The highest BCUT2D eigenvalue weighted by atomic mass is 32.2. The zero-order chi connectivity index (χ0) is 23.9. The van der Waals surface area contributed by atoms with Gasteiger partial charge < -0.3 is 19.7 Å². The quantitative estimate of drug-likeness (QED) is 0.456. The molecule has 0 radical (unpaired) electrons. The highest BCUT2D eigenvalue weighted by molar-refractivity contribution is 7.99. The summed E-state index contributed by atoms with van der Waals surface area (Å²) in [5.74, 6) is 1.03. The fraction of sp³-hybridized carbons (Fsp3) is 0.423. The number of amides is 1. The van der Waals surface area contributed by atoms with Crippen LogP contribution in [0.25, 0.3) is 0 Å². The molecule has 5 rings (SSSR count). The lowest BCUT2D eigenvalue weighted by Crippen LogP contribution is -2.38. The van der Waals surface area contributed by atoms with Crippen LogP contribution in [-0.4, -0.2) is 65.4 Å². The van der Waals surface area contributed by atoms with E-state index in [1.807, 2.05) is 36.4 Å². The number of benzene rings is 2. The number of anilines is 2. The molecular formula is C26H31N5O3S. The van der Waals surface area contributed by atoms with Crippen molar-refractivity contribution in [2.24, 2.45) is 0 Å². The molecule has 3 heterocycles. The Morgan fingerprint density at radius 1 is 1.03 bits per heavy atom. The van der Waals surface area contributed by atoms with E-state index in [1.54, 1.807) is 0 Å². The van der Waals surface area contributed by atoms with Crippen molar-refractivity contribution in [2.45, 2.75) is 37.1 Å². The second-order valence-electron chi connectivity index (χ2n) is 8.78. The summed E-state index contributed by atoms with van der Waals surface area (Å²) < 4.78 is 13.5. The van der Waals surface area contributed by atoms with Crippen molar-refractivity contribution in [2.75, 3.05) is 48.9 Å². The van der Waals surface area contributed by atoms with E-state index in [0.29, 0.717) is 19.8 Å². The van der Waals surface area contributed by atoms with Gasteiger partial charge in [-0.15, -0.1) is 10.2 Å². The topological polar surface area (TPSA) is 81.5 Å². The molecular weight excluding hydrogens is 462 g/mol. The summed E-state index contributed by atoms with van der Waals surface area (Å²) in [6.07, 6.45) is 3.03. The zero-order valence-corrected chi connectivity index (χ0v) is 20.6. The summed E-state index contributed by atoms with van der Waals surface area (Å²) in [4.78, 5) is 15.1. The largest absolute Gasteiger partial charge is 0.378 e. The van der Waals surface area contributed by atoms with Gasteiger partial charge in [0.2, 0.25) is 11.9 Å². The van der Waals surface area contributed by atoms with E-state index in [4.69, 9.17) is 9.47 Å². The summed E-state index contributed by atoms with van der Waals surface area (Å²) >= 11 is 1.42. The minimum Gasteiger partial charge on any atom is -0.378 e. The number of para-hydroxylation sites is 1. The number of hydrogen-bond donors (Lipinski definition) is 1. The van der Waals surface area contributed by atoms with Gasteiger partial charge in [0.05, 0.1) is 31.6 Å². The van der Waals surface area contributed by atoms with Gasteiger partial charge in [-0.2, -0.15) is 0 Å². The minimum atomic E-state index is -0.0601. The Hall–Kier alpha value is -2.88. The fourth-order valence-electron chi connectivity index (χ4n) is 4.47. The molecule has 8 nitrogen and oxygen atoms in total. The van der Waals surface area contributed by atoms with Gasteiger partial charge in [-0.25, -0.2) is 0 Å². The molecule has 1 atom stereocenters. The maximum atomic E-state index is 12.9. The SMILES string of the molecule is O=C(CSc1nnc(N2CCOCC2)n1C[C@@H]1CCCO1)Nc1ccccc1Cc1ccccc1. The van der Waals surface area contributed by atoms with Crippen molar-refractivity contribution in [1.29, 1.82) is 0 Å². The third-order valence-corrected chi connectivity index (χ3v) is 7.23. The Labute approximate surface area is 210 Å². The number of ether oxygens (including phenoxy) is 2.